The van der Waals surface area contributed by atoms with Gasteiger partial charge in [-0.15, -0.1) is 0 Å². The number of benzene rings is 3. The van der Waals surface area contributed by atoms with Crippen LogP contribution in [0.3, 0.4) is 0 Å². The molecule has 0 radical (unpaired) electrons. The first-order chi connectivity index (χ1) is 13.1. The second-order valence-electron chi connectivity index (χ2n) is 6.30. The minimum Gasteiger partial charge on any atom is -0.464 e. The number of para-hydroxylation sites is 3. The van der Waals surface area contributed by atoms with Crippen LogP contribution in [-0.2, 0) is 0 Å². The molecule has 0 aliphatic heterocycles. The van der Waals surface area contributed by atoms with E-state index in [2.05, 4.69) is 4.99 Å². The molecule has 0 atom stereocenters. The molecule has 3 nitrogen and oxygen atoms in total. The molecule has 3 aromatic carbocycles. The Hall–Kier alpha value is -3.33. The van der Waals surface area contributed by atoms with Crippen molar-refractivity contribution in [1.82, 2.24) is 0 Å². The number of nitrogens with zero attached hydrogens (tertiary/aromatic N) is 1. The van der Waals surface area contributed by atoms with E-state index in [9.17, 15) is 0 Å². The van der Waals surface area contributed by atoms with Gasteiger partial charge in [-0.2, -0.15) is 0 Å². The summed E-state index contributed by atoms with van der Waals surface area (Å²) in [5.41, 5.74) is 3.74. The molecule has 0 bridgehead atoms. The number of aliphatic imine (C=N–C) groups is 1. The van der Waals surface area contributed by atoms with Gasteiger partial charge in [-0.05, 0) is 56.2 Å². The fraction of sp³-hybridized carbons (Fsp3) is 0.125. The zero-order chi connectivity index (χ0) is 19.1. The molecule has 136 valence electrons. The summed E-state index contributed by atoms with van der Waals surface area (Å²) < 4.78 is 12.0. The molecule has 0 saturated heterocycles. The Morgan fingerprint density at radius 3 is 1.93 bits per heavy atom. The van der Waals surface area contributed by atoms with Crippen molar-refractivity contribution in [1.29, 1.82) is 0 Å². The lowest BCUT2D eigenvalue weighted by atomic mass is 10.2. The van der Waals surface area contributed by atoms with E-state index in [1.165, 1.54) is 0 Å². The number of rotatable bonds is 5. The summed E-state index contributed by atoms with van der Waals surface area (Å²) in [6.45, 7) is 5.96. The Morgan fingerprint density at radius 2 is 1.30 bits per heavy atom. The summed E-state index contributed by atoms with van der Waals surface area (Å²) >= 11 is 0. The van der Waals surface area contributed by atoms with Gasteiger partial charge in [0.25, 0.3) is 0 Å². The lowest BCUT2D eigenvalue weighted by Crippen LogP contribution is -2.11. The third kappa shape index (κ3) is 5.08. The van der Waals surface area contributed by atoms with Crippen molar-refractivity contribution in [2.24, 2.45) is 4.99 Å². The highest BCUT2D eigenvalue weighted by atomic mass is 16.5. The van der Waals surface area contributed by atoms with E-state index < -0.39 is 0 Å². The van der Waals surface area contributed by atoms with Gasteiger partial charge in [0.05, 0.1) is 11.9 Å². The van der Waals surface area contributed by atoms with E-state index in [4.69, 9.17) is 9.47 Å². The summed E-state index contributed by atoms with van der Waals surface area (Å²) in [5, 5.41) is 0. The van der Waals surface area contributed by atoms with E-state index >= 15 is 0 Å². The molecule has 3 rings (SSSR count). The van der Waals surface area contributed by atoms with E-state index in [1.807, 2.05) is 99.6 Å². The third-order valence-electron chi connectivity index (χ3n) is 4.08. The van der Waals surface area contributed by atoms with Gasteiger partial charge in [-0.3, -0.25) is 0 Å². The van der Waals surface area contributed by atoms with Crippen LogP contribution in [0.2, 0.25) is 0 Å². The maximum Gasteiger partial charge on any atom is 0.225 e. The Labute approximate surface area is 160 Å². The second kappa shape index (κ2) is 8.86. The van der Waals surface area contributed by atoms with Gasteiger partial charge in [-0.25, -0.2) is 4.99 Å². The first-order valence-electron chi connectivity index (χ1n) is 8.90. The Bertz CT molecular complexity index is 959. The highest BCUT2D eigenvalue weighted by molar-refractivity contribution is 5.96. The van der Waals surface area contributed by atoms with Crippen LogP contribution in [-0.4, -0.2) is 5.90 Å². The molecule has 0 aliphatic rings. The van der Waals surface area contributed by atoms with Crippen molar-refractivity contribution < 1.29 is 9.47 Å². The van der Waals surface area contributed by atoms with Gasteiger partial charge >= 0.3 is 0 Å². The van der Waals surface area contributed by atoms with Crippen molar-refractivity contribution >= 4 is 11.6 Å². The number of hydrogen-bond acceptors (Lipinski definition) is 3. The smallest absolute Gasteiger partial charge is 0.225 e. The van der Waals surface area contributed by atoms with E-state index in [1.54, 1.807) is 6.26 Å². The Balaban J connectivity index is 1.91. The molecule has 0 fully saturated rings. The maximum absolute atomic E-state index is 6.13. The topological polar surface area (TPSA) is 30.8 Å². The van der Waals surface area contributed by atoms with Gasteiger partial charge in [-0.1, -0.05) is 54.6 Å². The van der Waals surface area contributed by atoms with Crippen LogP contribution >= 0.6 is 0 Å². The second-order valence-corrected chi connectivity index (χ2v) is 6.30. The van der Waals surface area contributed by atoms with Crippen molar-refractivity contribution in [3.05, 3.63) is 102 Å². The average molecular weight is 357 g/mol. The molecule has 0 unspecified atom stereocenters. The summed E-state index contributed by atoms with van der Waals surface area (Å²) in [6.07, 6.45) is 1.68. The minimum absolute atomic E-state index is 0.504. The van der Waals surface area contributed by atoms with E-state index in [0.717, 1.165) is 33.9 Å². The standard InChI is InChI=1S/C24H23NO2/c1-18-11-7-9-15-22(18)26-17-20(3)24(25-21-13-5-4-6-14-21)27-23-16-10-8-12-19(23)2/h4-17H,1-3H3/b20-17+,25-24-. The van der Waals surface area contributed by atoms with Crippen LogP contribution < -0.4 is 9.47 Å². The molecular formula is C24H23NO2. The normalized spacial score (nSPS) is 12.0. The Kier molecular flexibility index (Phi) is 6.06. The summed E-state index contributed by atoms with van der Waals surface area (Å²) in [5.74, 6) is 2.09. The first-order valence-corrected chi connectivity index (χ1v) is 8.90. The van der Waals surface area contributed by atoms with Crippen molar-refractivity contribution in [3.8, 4) is 11.5 Å². The monoisotopic (exact) mass is 357 g/mol. The number of aryl methyl sites for hydroxylation is 2. The van der Waals surface area contributed by atoms with Gasteiger partial charge in [0.2, 0.25) is 5.90 Å². The van der Waals surface area contributed by atoms with Crippen LogP contribution in [0.15, 0.2) is 95.7 Å². The molecule has 0 aliphatic carbocycles. The van der Waals surface area contributed by atoms with Gasteiger partial charge in [0.1, 0.15) is 11.5 Å². The highest BCUT2D eigenvalue weighted by Gasteiger charge is 2.09. The van der Waals surface area contributed by atoms with Gasteiger partial charge in [0, 0.05) is 5.57 Å². The molecule has 0 saturated carbocycles. The SMILES string of the molecule is CC(=C\Oc1ccccc1C)/C(=N/c1ccccc1)Oc1ccccc1C. The first kappa shape index (κ1) is 18.5. The summed E-state index contributed by atoms with van der Waals surface area (Å²) in [4.78, 5) is 4.68. The molecule has 0 amide bonds. The molecule has 27 heavy (non-hydrogen) atoms. The van der Waals surface area contributed by atoms with Gasteiger partial charge in [0.15, 0.2) is 0 Å². The zero-order valence-electron chi connectivity index (χ0n) is 15.8. The molecule has 0 heterocycles. The largest absolute Gasteiger partial charge is 0.464 e. The fourth-order valence-electron chi connectivity index (χ4n) is 2.48. The van der Waals surface area contributed by atoms with Gasteiger partial charge < -0.3 is 9.47 Å². The minimum atomic E-state index is 0.504. The quantitative estimate of drug-likeness (QED) is 0.301. The van der Waals surface area contributed by atoms with Crippen LogP contribution in [0.25, 0.3) is 0 Å². The molecule has 3 aromatic rings. The third-order valence-corrected chi connectivity index (χ3v) is 4.08. The summed E-state index contributed by atoms with van der Waals surface area (Å²) in [6, 6.07) is 25.5. The van der Waals surface area contributed by atoms with E-state index in [-0.39, 0.29) is 0 Å². The lowest BCUT2D eigenvalue weighted by molar-refractivity contribution is 0.470. The number of ether oxygens (including phenoxy) is 2. The molecule has 0 spiro atoms. The molecule has 3 heteroatoms. The van der Waals surface area contributed by atoms with Crippen molar-refractivity contribution in [2.45, 2.75) is 20.8 Å². The highest BCUT2D eigenvalue weighted by Crippen LogP contribution is 2.22. The predicted octanol–water partition coefficient (Wildman–Crippen LogP) is 6.40. The fourth-order valence-corrected chi connectivity index (χ4v) is 2.48. The zero-order valence-corrected chi connectivity index (χ0v) is 15.8. The van der Waals surface area contributed by atoms with Crippen LogP contribution in [0.1, 0.15) is 18.1 Å². The van der Waals surface area contributed by atoms with Crippen LogP contribution in [0.5, 0.6) is 11.5 Å². The number of hydrogen-bond donors (Lipinski definition) is 0. The van der Waals surface area contributed by atoms with Crippen molar-refractivity contribution in [3.63, 3.8) is 0 Å². The van der Waals surface area contributed by atoms with E-state index in [0.29, 0.717) is 5.90 Å². The molecule has 0 N–H and O–H groups in total. The lowest BCUT2D eigenvalue weighted by Gasteiger charge is -2.12. The average Bonchev–Trinajstić information content (AvgIpc) is 2.69. The van der Waals surface area contributed by atoms with Crippen LogP contribution in [0.4, 0.5) is 5.69 Å². The molecular weight excluding hydrogens is 334 g/mol. The van der Waals surface area contributed by atoms with Crippen molar-refractivity contribution in [2.75, 3.05) is 0 Å². The van der Waals surface area contributed by atoms with Crippen LogP contribution in [0, 0.1) is 13.8 Å². The predicted molar refractivity (Wildman–Crippen MR) is 111 cm³/mol. The molecule has 0 aromatic heterocycles. The summed E-state index contributed by atoms with van der Waals surface area (Å²) in [7, 11) is 0. The maximum atomic E-state index is 6.13. The Morgan fingerprint density at radius 1 is 0.741 bits per heavy atom.